The summed E-state index contributed by atoms with van der Waals surface area (Å²) in [7, 11) is 0. The van der Waals surface area contributed by atoms with E-state index in [4.69, 9.17) is 0 Å². The van der Waals surface area contributed by atoms with Gasteiger partial charge in [0.05, 0.1) is 0 Å². The topological polar surface area (TPSA) is 0 Å². The third kappa shape index (κ3) is 8.83. The normalized spacial score (nSPS) is 4.50. The summed E-state index contributed by atoms with van der Waals surface area (Å²) < 4.78 is 1.66. The third-order valence-electron chi connectivity index (χ3n) is 0. The maximum atomic E-state index is 3.65. The van der Waals surface area contributed by atoms with Crippen molar-refractivity contribution >= 4 is 35.2 Å². The average Bonchev–Trinajstić information content (AvgIpc) is 0.918. The molecule has 0 fully saturated rings. The summed E-state index contributed by atoms with van der Waals surface area (Å²) >= 11 is 5.68. The van der Waals surface area contributed by atoms with Gasteiger partial charge in [-0.05, 0) is 0 Å². The summed E-state index contributed by atoms with van der Waals surface area (Å²) in [5.41, 5.74) is 0. The molecule has 3 heteroatoms. The van der Waals surface area contributed by atoms with Crippen molar-refractivity contribution in [1.29, 1.82) is 0 Å². The van der Waals surface area contributed by atoms with Crippen molar-refractivity contribution in [3.63, 3.8) is 0 Å². The van der Waals surface area contributed by atoms with Crippen LogP contribution >= 0.6 is 35.2 Å². The molecule has 0 nitrogen and oxygen atoms in total. The molecule has 0 aliphatic heterocycles. The van der Waals surface area contributed by atoms with Gasteiger partial charge in [-0.2, -0.15) is 0 Å². The number of halogens is 1. The molecule has 0 saturated heterocycles. The molecule has 0 aromatic heterocycles. The van der Waals surface area contributed by atoms with Gasteiger partial charge in [0.1, 0.15) is 0 Å². The van der Waals surface area contributed by atoms with Crippen molar-refractivity contribution in [3.8, 4) is 0 Å². The average molecular weight is 212 g/mol. The van der Waals surface area contributed by atoms with Crippen molar-refractivity contribution in [2.75, 3.05) is 0 Å². The first-order valence-electron chi connectivity index (χ1n) is 0.476. The maximum absolute atomic E-state index is 3.65. The van der Waals surface area contributed by atoms with Crippen LogP contribution in [0, 0.1) is 3.76 Å². The molecule has 0 amide bonds. The molecule has 0 bridgehead atoms. The van der Waals surface area contributed by atoms with Gasteiger partial charge >= 0.3 is 51.4 Å². The van der Waals surface area contributed by atoms with Gasteiger partial charge in [0, 0.05) is 0 Å². The number of hydrogen-bond acceptors (Lipinski definition) is 1. The molecule has 0 aromatic rings. The van der Waals surface area contributed by atoms with Crippen molar-refractivity contribution in [1.82, 2.24) is 0 Å². The van der Waals surface area contributed by atoms with Crippen molar-refractivity contribution in [2.45, 2.75) is 0 Å². The minimum absolute atomic E-state index is 0. The third-order valence-corrected chi connectivity index (χ3v) is 0. The monoisotopic (exact) mass is 212 g/mol. The molecule has 20 valence electrons. The Morgan fingerprint density at radius 2 is 1.75 bits per heavy atom. The minimum Gasteiger partial charge on any atom is -0.359 e. The van der Waals surface area contributed by atoms with Crippen LogP contribution < -0.4 is 51.4 Å². The first kappa shape index (κ1) is 9.87. The standard InChI is InChI=1S/CH2IS.K/c2-1-3;/h1,3H;/q-1;+1. The zero-order chi connectivity index (χ0) is 2.71. The van der Waals surface area contributed by atoms with Gasteiger partial charge in [-0.25, -0.2) is 3.76 Å². The predicted octanol–water partition coefficient (Wildman–Crippen LogP) is -1.53. The van der Waals surface area contributed by atoms with E-state index in [2.05, 4.69) is 12.6 Å². The largest absolute Gasteiger partial charge is 1.00 e. The van der Waals surface area contributed by atoms with E-state index in [9.17, 15) is 0 Å². The molecule has 0 heterocycles. The maximum Gasteiger partial charge on any atom is 1.00 e. The van der Waals surface area contributed by atoms with E-state index in [1.54, 1.807) is 3.76 Å². The molecule has 0 aliphatic rings. The summed E-state index contributed by atoms with van der Waals surface area (Å²) in [6.07, 6.45) is 0. The number of hydrogen-bond donors (Lipinski definition) is 1. The van der Waals surface area contributed by atoms with Gasteiger partial charge in [0.2, 0.25) is 0 Å². The van der Waals surface area contributed by atoms with Crippen molar-refractivity contribution in [3.05, 3.63) is 3.76 Å². The summed E-state index contributed by atoms with van der Waals surface area (Å²) in [5, 5.41) is 0. The SMILES string of the molecule is S[CH-]I.[K+]. The van der Waals surface area contributed by atoms with Crippen LogP contribution in [0.3, 0.4) is 0 Å². The zero-order valence-electron chi connectivity index (χ0n) is 2.40. The van der Waals surface area contributed by atoms with E-state index in [1.165, 1.54) is 0 Å². The Kier molecular flexibility index (Phi) is 22.7. The molecule has 0 N–H and O–H groups in total. The summed E-state index contributed by atoms with van der Waals surface area (Å²) in [6.45, 7) is 0. The molecule has 4 heavy (non-hydrogen) atoms. The number of rotatable bonds is 0. The van der Waals surface area contributed by atoms with Crippen LogP contribution in [0.15, 0.2) is 0 Å². The Hall–Kier alpha value is 2.72. The molecular formula is CH2IKS. The van der Waals surface area contributed by atoms with Crippen molar-refractivity contribution < 1.29 is 51.4 Å². The fourth-order valence-electron chi connectivity index (χ4n) is 0. The smallest absolute Gasteiger partial charge is 0.359 e. The molecule has 0 radical (unpaired) electrons. The quantitative estimate of drug-likeness (QED) is 0.214. The summed E-state index contributed by atoms with van der Waals surface area (Å²) in [6, 6.07) is 0. The molecular weight excluding hydrogens is 210 g/mol. The van der Waals surface area contributed by atoms with Crippen LogP contribution in [0.1, 0.15) is 0 Å². The minimum atomic E-state index is 0. The Balaban J connectivity index is 0. The Morgan fingerprint density at radius 1 is 1.75 bits per heavy atom. The molecule has 0 aromatic carbocycles. The van der Waals surface area contributed by atoms with E-state index in [1.807, 2.05) is 22.6 Å². The van der Waals surface area contributed by atoms with E-state index >= 15 is 0 Å². The first-order valence-corrected chi connectivity index (χ1v) is 2.24. The fourth-order valence-corrected chi connectivity index (χ4v) is 0. The molecule has 0 atom stereocenters. The molecule has 0 spiro atoms. The van der Waals surface area contributed by atoms with Crippen molar-refractivity contribution in [2.24, 2.45) is 0 Å². The summed E-state index contributed by atoms with van der Waals surface area (Å²) in [4.78, 5) is 0. The molecule has 0 unspecified atom stereocenters. The van der Waals surface area contributed by atoms with Crippen LogP contribution in [0.4, 0.5) is 0 Å². The molecule has 0 aliphatic carbocycles. The van der Waals surface area contributed by atoms with Gasteiger partial charge in [-0.15, -0.1) is 0 Å². The van der Waals surface area contributed by atoms with Gasteiger partial charge in [0.15, 0.2) is 0 Å². The Morgan fingerprint density at radius 3 is 1.75 bits per heavy atom. The second-order valence-corrected chi connectivity index (χ2v) is 1.96. The van der Waals surface area contributed by atoms with E-state index in [0.717, 1.165) is 0 Å². The van der Waals surface area contributed by atoms with Crippen LogP contribution in [-0.2, 0) is 0 Å². The van der Waals surface area contributed by atoms with Gasteiger partial charge in [-0.3, -0.25) is 0 Å². The van der Waals surface area contributed by atoms with Crippen LogP contribution in [0.5, 0.6) is 0 Å². The second kappa shape index (κ2) is 9.21. The molecule has 0 saturated carbocycles. The van der Waals surface area contributed by atoms with Crippen LogP contribution in [0.25, 0.3) is 0 Å². The summed E-state index contributed by atoms with van der Waals surface area (Å²) in [5.74, 6) is 0. The van der Waals surface area contributed by atoms with E-state index in [0.29, 0.717) is 0 Å². The second-order valence-electron chi connectivity index (χ2n) is 0.0976. The van der Waals surface area contributed by atoms with Crippen LogP contribution in [-0.4, -0.2) is 0 Å². The fraction of sp³-hybridized carbons (Fsp3) is 0. The van der Waals surface area contributed by atoms with Crippen LogP contribution in [0.2, 0.25) is 0 Å². The van der Waals surface area contributed by atoms with E-state index < -0.39 is 0 Å². The Bertz CT molecular complexity index is 8.00. The van der Waals surface area contributed by atoms with Gasteiger partial charge in [-0.1, -0.05) is 0 Å². The van der Waals surface area contributed by atoms with Gasteiger partial charge < -0.3 is 35.2 Å². The number of thiol groups is 1. The van der Waals surface area contributed by atoms with Gasteiger partial charge in [0.25, 0.3) is 0 Å². The van der Waals surface area contributed by atoms with E-state index in [-0.39, 0.29) is 51.4 Å². The first-order chi connectivity index (χ1) is 1.41. The zero-order valence-corrected chi connectivity index (χ0v) is 8.58. The Labute approximate surface area is 88.1 Å². The predicted molar refractivity (Wildman–Crippen MR) is 27.3 cm³/mol. The molecule has 0 rings (SSSR count).